The second-order valence-electron chi connectivity index (χ2n) is 3.54. The van der Waals surface area contributed by atoms with Crippen molar-refractivity contribution in [3.8, 4) is 0 Å². The van der Waals surface area contributed by atoms with Gasteiger partial charge in [-0.15, -0.1) is 0 Å². The third-order valence-corrected chi connectivity index (χ3v) is 4.33. The summed E-state index contributed by atoms with van der Waals surface area (Å²) in [7, 11) is 3.52. The van der Waals surface area contributed by atoms with Gasteiger partial charge < -0.3 is 0 Å². The maximum absolute atomic E-state index is 11.4. The van der Waals surface area contributed by atoms with E-state index in [1.54, 1.807) is 25.3 Å². The monoisotopic (exact) mass is 297 g/mol. The minimum absolute atomic E-state index is 0.177. The Morgan fingerprint density at radius 1 is 1.53 bits per heavy atom. The number of fused-ring (bicyclic) bond motifs is 1. The van der Waals surface area contributed by atoms with Crippen molar-refractivity contribution in [1.29, 1.82) is 0 Å². The molecule has 0 unspecified atom stereocenters. The van der Waals surface area contributed by atoms with Gasteiger partial charge in [0.25, 0.3) is 0 Å². The average Bonchev–Trinajstić information content (AvgIpc) is 2.65. The molecule has 2 aromatic heterocycles. The van der Waals surface area contributed by atoms with Crippen LogP contribution in [0.25, 0.3) is 9.78 Å². The van der Waals surface area contributed by atoms with Gasteiger partial charge in [0.05, 0.1) is 0 Å². The molecule has 0 aliphatic heterocycles. The van der Waals surface area contributed by atoms with Crippen LogP contribution >= 0.6 is 0 Å². The van der Waals surface area contributed by atoms with Crippen LogP contribution in [0.3, 0.4) is 0 Å². The van der Waals surface area contributed by atoms with Crippen LogP contribution in [0.4, 0.5) is 5.69 Å². The van der Waals surface area contributed by atoms with Crippen molar-refractivity contribution in [2.24, 2.45) is 16.1 Å². The number of primary amides is 1. The molecule has 0 aliphatic carbocycles. The molecule has 88 valence electrons. The van der Waals surface area contributed by atoms with Crippen molar-refractivity contribution in [1.82, 2.24) is 9.99 Å². The number of pyridine rings is 1. The topological polar surface area (TPSA) is 83.9 Å². The average molecular weight is 296 g/mol. The Hall–Kier alpha value is -1.72. The van der Waals surface area contributed by atoms with E-state index in [9.17, 15) is 4.79 Å². The summed E-state index contributed by atoms with van der Waals surface area (Å²) in [5.41, 5.74) is 5.90. The number of hydrogen-bond acceptors (Lipinski definition) is 4. The molecule has 0 saturated carbocycles. The Kier molecular flexibility index (Phi) is 3.21. The number of nitrogens with two attached hydrogens (primary N) is 1. The third-order valence-electron chi connectivity index (χ3n) is 1.99. The minimum atomic E-state index is -0.448. The molecule has 0 saturated heterocycles. The van der Waals surface area contributed by atoms with Crippen LogP contribution in [0.15, 0.2) is 28.7 Å². The Morgan fingerprint density at radius 3 is 2.94 bits per heavy atom. The predicted molar refractivity (Wildman–Crippen MR) is 65.4 cm³/mol. The van der Waals surface area contributed by atoms with Crippen molar-refractivity contribution >= 4 is 35.9 Å². The van der Waals surface area contributed by atoms with Gasteiger partial charge in [-0.2, -0.15) is 0 Å². The van der Waals surface area contributed by atoms with E-state index in [0.29, 0.717) is 10.1 Å². The summed E-state index contributed by atoms with van der Waals surface area (Å²) in [6, 6.07) is 3.69. The molecule has 2 rings (SSSR count). The second-order valence-corrected chi connectivity index (χ2v) is 5.63. The first kappa shape index (κ1) is 11.8. The van der Waals surface area contributed by atoms with Crippen LogP contribution in [-0.2, 0) is 0 Å². The molecule has 6 nitrogen and oxygen atoms in total. The Bertz CT molecular complexity index is 589. The summed E-state index contributed by atoms with van der Waals surface area (Å²) in [6.45, 7) is 0. The summed E-state index contributed by atoms with van der Waals surface area (Å²) in [5, 5.41) is 10.4. The Labute approximate surface area is 104 Å². The number of aromatic nitrogens is 1. The standard InChI is InChI=1S/C10H11N5OSe/c1-15(2)14-13-7-6-4-3-5-12-10(6)17-8(7)9(11)16/h3-5H,1-2H3,(H2,11,16)/b14-13+. The zero-order valence-corrected chi connectivity index (χ0v) is 11.1. The molecule has 2 aromatic rings. The molecule has 1 amide bonds. The first-order valence-electron chi connectivity index (χ1n) is 4.86. The Balaban J connectivity index is 2.64. The molecule has 0 aromatic carbocycles. The van der Waals surface area contributed by atoms with E-state index in [2.05, 4.69) is 15.3 Å². The molecule has 7 heteroatoms. The SMILES string of the molecule is CN(C)/N=N/c1c(C(N)=O)[se]c2ncccc12. The number of carbonyl (C=O) groups excluding carboxylic acids is 1. The van der Waals surface area contributed by atoms with E-state index in [1.165, 1.54) is 0 Å². The van der Waals surface area contributed by atoms with Crippen molar-refractivity contribution in [2.75, 3.05) is 14.1 Å². The van der Waals surface area contributed by atoms with Crippen LogP contribution in [-0.4, -0.2) is 44.5 Å². The molecule has 17 heavy (non-hydrogen) atoms. The molecule has 0 atom stereocenters. The first-order chi connectivity index (χ1) is 8.09. The first-order valence-corrected chi connectivity index (χ1v) is 6.57. The van der Waals surface area contributed by atoms with Crippen molar-refractivity contribution in [3.63, 3.8) is 0 Å². The van der Waals surface area contributed by atoms with Gasteiger partial charge >= 0.3 is 104 Å². The molecule has 0 aliphatic rings. The maximum atomic E-state index is 11.4. The van der Waals surface area contributed by atoms with Crippen molar-refractivity contribution in [3.05, 3.63) is 22.8 Å². The summed E-state index contributed by atoms with van der Waals surface area (Å²) in [5.74, 6) is -0.448. The van der Waals surface area contributed by atoms with E-state index in [0.717, 1.165) is 9.78 Å². The zero-order chi connectivity index (χ0) is 12.4. The quantitative estimate of drug-likeness (QED) is 0.520. The fourth-order valence-corrected chi connectivity index (χ4v) is 3.27. The van der Waals surface area contributed by atoms with Gasteiger partial charge in [-0.1, -0.05) is 0 Å². The van der Waals surface area contributed by atoms with Crippen molar-refractivity contribution in [2.45, 2.75) is 0 Å². The molecule has 2 heterocycles. The van der Waals surface area contributed by atoms with Gasteiger partial charge in [-0.25, -0.2) is 0 Å². The van der Waals surface area contributed by atoms with Gasteiger partial charge in [0.15, 0.2) is 0 Å². The Morgan fingerprint density at radius 2 is 2.29 bits per heavy atom. The fourth-order valence-electron chi connectivity index (χ4n) is 1.32. The van der Waals surface area contributed by atoms with Gasteiger partial charge in [0.1, 0.15) is 0 Å². The molecular weight excluding hydrogens is 285 g/mol. The normalized spacial score (nSPS) is 11.2. The summed E-state index contributed by atoms with van der Waals surface area (Å²) in [6.07, 6.45) is 1.70. The fraction of sp³-hybridized carbons (Fsp3) is 0.200. The molecule has 0 spiro atoms. The number of rotatable bonds is 3. The molecular formula is C10H11N5OSe. The van der Waals surface area contributed by atoms with Gasteiger partial charge in [-0.3, -0.25) is 0 Å². The van der Waals surface area contributed by atoms with Crippen LogP contribution in [0, 0.1) is 0 Å². The van der Waals surface area contributed by atoms with E-state index in [1.807, 2.05) is 12.1 Å². The van der Waals surface area contributed by atoms with Crippen LogP contribution in [0.5, 0.6) is 0 Å². The summed E-state index contributed by atoms with van der Waals surface area (Å²) < 4.78 is 1.40. The summed E-state index contributed by atoms with van der Waals surface area (Å²) >= 11 is -0.177. The molecule has 2 N–H and O–H groups in total. The van der Waals surface area contributed by atoms with Crippen LogP contribution in [0.2, 0.25) is 0 Å². The van der Waals surface area contributed by atoms with Gasteiger partial charge in [0, 0.05) is 0 Å². The van der Waals surface area contributed by atoms with E-state index in [-0.39, 0.29) is 14.5 Å². The van der Waals surface area contributed by atoms with Crippen molar-refractivity contribution < 1.29 is 4.79 Å². The van der Waals surface area contributed by atoms with E-state index >= 15 is 0 Å². The third kappa shape index (κ3) is 2.35. The summed E-state index contributed by atoms with van der Waals surface area (Å²) in [4.78, 5) is 15.6. The zero-order valence-electron chi connectivity index (χ0n) is 9.41. The van der Waals surface area contributed by atoms with Crippen LogP contribution < -0.4 is 5.73 Å². The van der Waals surface area contributed by atoms with E-state index < -0.39 is 5.91 Å². The number of amides is 1. The molecule has 0 bridgehead atoms. The molecule has 0 fully saturated rings. The molecule has 0 radical (unpaired) electrons. The van der Waals surface area contributed by atoms with Crippen LogP contribution in [0.1, 0.15) is 9.23 Å². The number of nitrogens with zero attached hydrogens (tertiary/aromatic N) is 4. The van der Waals surface area contributed by atoms with Gasteiger partial charge in [-0.05, 0) is 0 Å². The number of carbonyl (C=O) groups is 1. The second kappa shape index (κ2) is 4.65. The van der Waals surface area contributed by atoms with Gasteiger partial charge in [0.2, 0.25) is 0 Å². The van der Waals surface area contributed by atoms with E-state index in [4.69, 9.17) is 5.73 Å². The predicted octanol–water partition coefficient (Wildman–Crippen LogP) is 0.951. The number of hydrogen-bond donors (Lipinski definition) is 1.